The monoisotopic (exact) mass is 223 g/mol. The first-order chi connectivity index (χ1) is 7.70. The third-order valence-electron chi connectivity index (χ3n) is 3.00. The van der Waals surface area contributed by atoms with Crippen LogP contribution in [0, 0.1) is 0 Å². The summed E-state index contributed by atoms with van der Waals surface area (Å²) >= 11 is 0. The van der Waals surface area contributed by atoms with Crippen LogP contribution in [0.2, 0.25) is 0 Å². The highest BCUT2D eigenvalue weighted by atomic mass is 16.5. The number of aliphatic hydroxyl groups is 1. The second kappa shape index (κ2) is 4.72. The van der Waals surface area contributed by atoms with Crippen molar-refractivity contribution in [2.24, 2.45) is 0 Å². The highest BCUT2D eigenvalue weighted by molar-refractivity contribution is 5.58. The molecule has 4 N–H and O–H groups in total. The molecule has 1 heterocycles. The number of phenolic OH excluding ortho intramolecular Hbond substituents is 1. The maximum atomic E-state index is 10.1. The van der Waals surface area contributed by atoms with E-state index in [-0.39, 0.29) is 17.5 Å². The lowest BCUT2D eigenvalue weighted by Gasteiger charge is -2.28. The Kier molecular flexibility index (Phi) is 3.31. The SMILES string of the molecule is Nc1c(O)cccc1C(O)C1CCCCO1. The van der Waals surface area contributed by atoms with Crippen LogP contribution in [-0.2, 0) is 4.74 Å². The summed E-state index contributed by atoms with van der Waals surface area (Å²) in [5, 5.41) is 19.6. The van der Waals surface area contributed by atoms with Crippen LogP contribution in [0.15, 0.2) is 18.2 Å². The van der Waals surface area contributed by atoms with Crippen molar-refractivity contribution in [2.75, 3.05) is 12.3 Å². The van der Waals surface area contributed by atoms with Crippen molar-refractivity contribution in [1.82, 2.24) is 0 Å². The summed E-state index contributed by atoms with van der Waals surface area (Å²) in [7, 11) is 0. The number of ether oxygens (including phenoxy) is 1. The molecule has 1 aromatic carbocycles. The zero-order valence-corrected chi connectivity index (χ0v) is 9.10. The second-order valence-electron chi connectivity index (χ2n) is 4.13. The number of benzene rings is 1. The van der Waals surface area contributed by atoms with Gasteiger partial charge in [-0.2, -0.15) is 0 Å². The van der Waals surface area contributed by atoms with E-state index in [2.05, 4.69) is 0 Å². The van der Waals surface area contributed by atoms with E-state index in [4.69, 9.17) is 10.5 Å². The lowest BCUT2D eigenvalue weighted by Crippen LogP contribution is -2.26. The Balaban J connectivity index is 2.19. The van der Waals surface area contributed by atoms with Gasteiger partial charge in [0, 0.05) is 12.2 Å². The average molecular weight is 223 g/mol. The van der Waals surface area contributed by atoms with Gasteiger partial charge in [0.25, 0.3) is 0 Å². The van der Waals surface area contributed by atoms with Crippen molar-refractivity contribution in [2.45, 2.75) is 31.5 Å². The molecule has 2 atom stereocenters. The van der Waals surface area contributed by atoms with Gasteiger partial charge in [-0.25, -0.2) is 0 Å². The van der Waals surface area contributed by atoms with Crippen LogP contribution in [0.4, 0.5) is 5.69 Å². The van der Waals surface area contributed by atoms with E-state index in [1.54, 1.807) is 12.1 Å². The predicted molar refractivity (Wildman–Crippen MR) is 61.1 cm³/mol. The number of phenols is 1. The van der Waals surface area contributed by atoms with Gasteiger partial charge < -0.3 is 20.7 Å². The molecule has 0 saturated carbocycles. The van der Waals surface area contributed by atoms with Gasteiger partial charge in [-0.1, -0.05) is 12.1 Å². The van der Waals surface area contributed by atoms with Crippen molar-refractivity contribution >= 4 is 5.69 Å². The number of aromatic hydroxyl groups is 1. The molecule has 0 spiro atoms. The number of nitrogen functional groups attached to an aromatic ring is 1. The smallest absolute Gasteiger partial charge is 0.138 e. The summed E-state index contributed by atoms with van der Waals surface area (Å²) in [5.74, 6) is 0.00681. The summed E-state index contributed by atoms with van der Waals surface area (Å²) < 4.78 is 5.50. The highest BCUT2D eigenvalue weighted by Crippen LogP contribution is 2.33. The van der Waals surface area contributed by atoms with Crippen molar-refractivity contribution in [3.8, 4) is 5.75 Å². The van der Waals surface area contributed by atoms with Gasteiger partial charge in [0.05, 0.1) is 11.8 Å². The molecule has 0 bridgehead atoms. The van der Waals surface area contributed by atoms with Crippen LogP contribution < -0.4 is 5.73 Å². The fourth-order valence-corrected chi connectivity index (χ4v) is 2.04. The quantitative estimate of drug-likeness (QED) is 0.525. The average Bonchev–Trinajstić information content (AvgIpc) is 2.33. The van der Waals surface area contributed by atoms with E-state index in [0.29, 0.717) is 12.2 Å². The number of anilines is 1. The Bertz CT molecular complexity index is 361. The van der Waals surface area contributed by atoms with Crippen molar-refractivity contribution in [3.63, 3.8) is 0 Å². The third kappa shape index (κ3) is 2.13. The summed E-state index contributed by atoms with van der Waals surface area (Å²) in [6, 6.07) is 4.90. The summed E-state index contributed by atoms with van der Waals surface area (Å²) in [4.78, 5) is 0. The van der Waals surface area contributed by atoms with Crippen LogP contribution in [-0.4, -0.2) is 22.9 Å². The molecule has 1 fully saturated rings. The molecule has 0 amide bonds. The van der Waals surface area contributed by atoms with Gasteiger partial charge in [0.1, 0.15) is 11.9 Å². The zero-order chi connectivity index (χ0) is 11.5. The first-order valence-corrected chi connectivity index (χ1v) is 5.57. The molecule has 1 aliphatic rings. The van der Waals surface area contributed by atoms with Crippen LogP contribution in [0.25, 0.3) is 0 Å². The highest BCUT2D eigenvalue weighted by Gasteiger charge is 2.25. The Morgan fingerprint density at radius 3 is 2.88 bits per heavy atom. The van der Waals surface area contributed by atoms with Gasteiger partial charge in [0.15, 0.2) is 0 Å². The summed E-state index contributed by atoms with van der Waals surface area (Å²) in [5.41, 5.74) is 6.51. The Morgan fingerprint density at radius 2 is 2.19 bits per heavy atom. The molecule has 2 unspecified atom stereocenters. The molecule has 1 saturated heterocycles. The normalized spacial score (nSPS) is 22.9. The Morgan fingerprint density at radius 1 is 1.38 bits per heavy atom. The molecule has 1 aromatic rings. The molecule has 88 valence electrons. The fourth-order valence-electron chi connectivity index (χ4n) is 2.04. The molecular formula is C12H17NO3. The van der Waals surface area contributed by atoms with Crippen LogP contribution >= 0.6 is 0 Å². The van der Waals surface area contributed by atoms with E-state index in [1.165, 1.54) is 6.07 Å². The van der Waals surface area contributed by atoms with Crippen molar-refractivity contribution in [1.29, 1.82) is 0 Å². The number of aliphatic hydroxyl groups excluding tert-OH is 1. The summed E-state index contributed by atoms with van der Waals surface area (Å²) in [6.45, 7) is 0.681. The minimum atomic E-state index is -0.757. The largest absolute Gasteiger partial charge is 0.506 e. The van der Waals surface area contributed by atoms with E-state index in [1.807, 2.05) is 0 Å². The maximum absolute atomic E-state index is 10.1. The van der Waals surface area contributed by atoms with Gasteiger partial charge in [-0.3, -0.25) is 0 Å². The number of para-hydroxylation sites is 1. The molecule has 0 aromatic heterocycles. The number of nitrogens with two attached hydrogens (primary N) is 1. The molecule has 4 nitrogen and oxygen atoms in total. The molecule has 4 heteroatoms. The Hall–Kier alpha value is -1.26. The molecule has 1 aliphatic heterocycles. The second-order valence-corrected chi connectivity index (χ2v) is 4.13. The lowest BCUT2D eigenvalue weighted by atomic mass is 9.97. The van der Waals surface area contributed by atoms with Gasteiger partial charge in [-0.05, 0) is 25.3 Å². The lowest BCUT2D eigenvalue weighted by molar-refractivity contribution is -0.0631. The first kappa shape index (κ1) is 11.2. The van der Waals surface area contributed by atoms with Crippen molar-refractivity contribution < 1.29 is 14.9 Å². The topological polar surface area (TPSA) is 75.7 Å². The zero-order valence-electron chi connectivity index (χ0n) is 9.10. The van der Waals surface area contributed by atoms with Crippen LogP contribution in [0.3, 0.4) is 0 Å². The van der Waals surface area contributed by atoms with Gasteiger partial charge in [0.2, 0.25) is 0 Å². The van der Waals surface area contributed by atoms with Gasteiger partial charge in [-0.15, -0.1) is 0 Å². The molecule has 16 heavy (non-hydrogen) atoms. The van der Waals surface area contributed by atoms with Crippen LogP contribution in [0.5, 0.6) is 5.75 Å². The van der Waals surface area contributed by atoms with E-state index in [0.717, 1.165) is 19.3 Å². The van der Waals surface area contributed by atoms with Crippen LogP contribution in [0.1, 0.15) is 30.9 Å². The van der Waals surface area contributed by atoms with Gasteiger partial charge >= 0.3 is 0 Å². The third-order valence-corrected chi connectivity index (χ3v) is 3.00. The van der Waals surface area contributed by atoms with E-state index in [9.17, 15) is 10.2 Å². The summed E-state index contributed by atoms with van der Waals surface area (Å²) in [6.07, 6.45) is 1.96. The first-order valence-electron chi connectivity index (χ1n) is 5.57. The standard InChI is InChI=1S/C12H17NO3/c13-11-8(4-3-5-9(11)14)12(15)10-6-1-2-7-16-10/h3-5,10,12,14-15H,1-2,6-7,13H2. The number of hydrogen-bond donors (Lipinski definition) is 3. The van der Waals surface area contributed by atoms with E-state index < -0.39 is 6.10 Å². The minimum Gasteiger partial charge on any atom is -0.506 e. The van der Waals surface area contributed by atoms with Crippen molar-refractivity contribution in [3.05, 3.63) is 23.8 Å². The molecular weight excluding hydrogens is 206 g/mol. The minimum absolute atomic E-state index is 0.00681. The molecule has 2 rings (SSSR count). The number of rotatable bonds is 2. The molecule has 0 aliphatic carbocycles. The predicted octanol–water partition coefficient (Wildman–Crippen LogP) is 1.58. The maximum Gasteiger partial charge on any atom is 0.138 e. The molecule has 0 radical (unpaired) electrons. The Labute approximate surface area is 94.7 Å². The fraction of sp³-hybridized carbons (Fsp3) is 0.500. The number of hydrogen-bond acceptors (Lipinski definition) is 4. The van der Waals surface area contributed by atoms with E-state index >= 15 is 0 Å².